The van der Waals surface area contributed by atoms with E-state index in [-0.39, 0.29) is 6.61 Å². The predicted molar refractivity (Wildman–Crippen MR) is 59.8 cm³/mol. The summed E-state index contributed by atoms with van der Waals surface area (Å²) >= 11 is 0. The minimum Gasteiger partial charge on any atom is -0.395 e. The minimum absolute atomic E-state index is 0.275. The highest BCUT2D eigenvalue weighted by atomic mass is 16.5. The Labute approximate surface area is 92.2 Å². The van der Waals surface area contributed by atoms with Crippen molar-refractivity contribution in [3.05, 3.63) is 0 Å². The molecule has 2 aliphatic rings. The van der Waals surface area contributed by atoms with Gasteiger partial charge in [0.05, 0.1) is 12.7 Å². The molecule has 2 N–H and O–H groups in total. The predicted octanol–water partition coefficient (Wildman–Crippen LogP) is 1.31. The second kappa shape index (κ2) is 5.83. The molecule has 15 heavy (non-hydrogen) atoms. The SMILES string of the molecule is OCC(NCC1CCCO1)C1CCCC1. The van der Waals surface area contributed by atoms with Crippen LogP contribution in [0.3, 0.4) is 0 Å². The van der Waals surface area contributed by atoms with E-state index < -0.39 is 0 Å². The molecular weight excluding hydrogens is 190 g/mol. The minimum atomic E-state index is 0.275. The largest absolute Gasteiger partial charge is 0.395 e. The number of nitrogens with one attached hydrogen (secondary N) is 1. The summed E-state index contributed by atoms with van der Waals surface area (Å²) in [6, 6.07) is 0.302. The molecule has 0 bridgehead atoms. The molecule has 2 atom stereocenters. The maximum atomic E-state index is 9.36. The fraction of sp³-hybridized carbons (Fsp3) is 1.00. The van der Waals surface area contributed by atoms with E-state index in [0.717, 1.165) is 13.2 Å². The average Bonchev–Trinajstić information content (AvgIpc) is 2.90. The number of aliphatic hydroxyl groups is 1. The molecule has 0 amide bonds. The molecule has 0 aromatic carbocycles. The van der Waals surface area contributed by atoms with Gasteiger partial charge in [-0.2, -0.15) is 0 Å². The third-order valence-electron chi connectivity index (χ3n) is 3.80. The van der Waals surface area contributed by atoms with Crippen LogP contribution in [0.4, 0.5) is 0 Å². The van der Waals surface area contributed by atoms with Crippen LogP contribution < -0.4 is 5.32 Å². The summed E-state index contributed by atoms with van der Waals surface area (Å²) in [5, 5.41) is 12.8. The fourth-order valence-electron chi connectivity index (χ4n) is 2.83. The Morgan fingerprint density at radius 1 is 1.20 bits per heavy atom. The zero-order valence-electron chi connectivity index (χ0n) is 9.45. The van der Waals surface area contributed by atoms with Crippen molar-refractivity contribution in [3.8, 4) is 0 Å². The van der Waals surface area contributed by atoms with Crippen molar-refractivity contribution in [2.75, 3.05) is 19.8 Å². The highest BCUT2D eigenvalue weighted by Gasteiger charge is 2.25. The van der Waals surface area contributed by atoms with Gasteiger partial charge in [-0.25, -0.2) is 0 Å². The monoisotopic (exact) mass is 213 g/mol. The average molecular weight is 213 g/mol. The first-order valence-corrected chi connectivity index (χ1v) is 6.36. The topological polar surface area (TPSA) is 41.5 Å². The molecule has 0 radical (unpaired) electrons. The van der Waals surface area contributed by atoms with E-state index in [1.165, 1.54) is 38.5 Å². The van der Waals surface area contributed by atoms with E-state index in [2.05, 4.69) is 5.32 Å². The Morgan fingerprint density at radius 2 is 2.00 bits per heavy atom. The molecule has 3 nitrogen and oxygen atoms in total. The van der Waals surface area contributed by atoms with Crippen molar-refractivity contribution in [1.82, 2.24) is 5.32 Å². The van der Waals surface area contributed by atoms with Gasteiger partial charge in [-0.05, 0) is 31.6 Å². The van der Waals surface area contributed by atoms with Crippen molar-refractivity contribution in [2.24, 2.45) is 5.92 Å². The lowest BCUT2D eigenvalue weighted by Gasteiger charge is -2.24. The van der Waals surface area contributed by atoms with Crippen molar-refractivity contribution in [3.63, 3.8) is 0 Å². The van der Waals surface area contributed by atoms with Gasteiger partial charge in [0.1, 0.15) is 0 Å². The molecular formula is C12H23NO2. The van der Waals surface area contributed by atoms with E-state index in [4.69, 9.17) is 4.74 Å². The molecule has 2 unspecified atom stereocenters. The normalized spacial score (nSPS) is 29.8. The first kappa shape index (κ1) is 11.4. The van der Waals surface area contributed by atoms with Gasteiger partial charge in [-0.15, -0.1) is 0 Å². The molecule has 3 heteroatoms. The Kier molecular flexibility index (Phi) is 4.42. The van der Waals surface area contributed by atoms with Gasteiger partial charge in [-0.1, -0.05) is 12.8 Å². The van der Waals surface area contributed by atoms with E-state index >= 15 is 0 Å². The summed E-state index contributed by atoms with van der Waals surface area (Å²) in [6.45, 7) is 2.11. The first-order valence-electron chi connectivity index (χ1n) is 6.36. The van der Waals surface area contributed by atoms with E-state index in [0.29, 0.717) is 18.1 Å². The molecule has 0 spiro atoms. The first-order chi connectivity index (χ1) is 7.40. The highest BCUT2D eigenvalue weighted by molar-refractivity contribution is 4.81. The molecule has 2 rings (SSSR count). The van der Waals surface area contributed by atoms with E-state index in [9.17, 15) is 5.11 Å². The van der Waals surface area contributed by atoms with Crippen LogP contribution in [0.2, 0.25) is 0 Å². The third-order valence-corrected chi connectivity index (χ3v) is 3.80. The maximum absolute atomic E-state index is 9.36. The summed E-state index contributed by atoms with van der Waals surface area (Å²) in [7, 11) is 0. The number of aliphatic hydroxyl groups excluding tert-OH is 1. The van der Waals surface area contributed by atoms with Crippen LogP contribution in [0.15, 0.2) is 0 Å². The second-order valence-corrected chi connectivity index (χ2v) is 4.88. The lowest BCUT2D eigenvalue weighted by molar-refractivity contribution is 0.0986. The Morgan fingerprint density at radius 3 is 2.60 bits per heavy atom. The molecule has 1 heterocycles. The maximum Gasteiger partial charge on any atom is 0.0700 e. The number of rotatable bonds is 5. The summed E-state index contributed by atoms with van der Waals surface area (Å²) in [4.78, 5) is 0. The summed E-state index contributed by atoms with van der Waals surface area (Å²) < 4.78 is 5.57. The molecule has 2 fully saturated rings. The van der Waals surface area contributed by atoms with Crippen LogP contribution in [-0.4, -0.2) is 37.0 Å². The van der Waals surface area contributed by atoms with Gasteiger partial charge >= 0.3 is 0 Å². The Bertz CT molecular complexity index is 174. The van der Waals surface area contributed by atoms with Gasteiger partial charge in [0.15, 0.2) is 0 Å². The van der Waals surface area contributed by atoms with Gasteiger partial charge < -0.3 is 15.2 Å². The molecule has 0 aromatic rings. The lowest BCUT2D eigenvalue weighted by Crippen LogP contribution is -2.42. The molecule has 1 saturated carbocycles. The molecule has 0 aromatic heterocycles. The molecule has 1 aliphatic carbocycles. The van der Waals surface area contributed by atoms with Crippen LogP contribution >= 0.6 is 0 Å². The van der Waals surface area contributed by atoms with Gasteiger partial charge in [0.25, 0.3) is 0 Å². The Hall–Kier alpha value is -0.120. The van der Waals surface area contributed by atoms with Crippen LogP contribution in [0.1, 0.15) is 38.5 Å². The zero-order chi connectivity index (χ0) is 10.5. The smallest absolute Gasteiger partial charge is 0.0700 e. The molecule has 1 saturated heterocycles. The van der Waals surface area contributed by atoms with Crippen LogP contribution in [0.25, 0.3) is 0 Å². The van der Waals surface area contributed by atoms with Crippen molar-refractivity contribution in [1.29, 1.82) is 0 Å². The number of hydrogen-bond acceptors (Lipinski definition) is 3. The van der Waals surface area contributed by atoms with E-state index in [1.807, 2.05) is 0 Å². The number of hydrogen-bond donors (Lipinski definition) is 2. The van der Waals surface area contributed by atoms with Crippen molar-refractivity contribution >= 4 is 0 Å². The van der Waals surface area contributed by atoms with Gasteiger partial charge in [-0.3, -0.25) is 0 Å². The molecule has 88 valence electrons. The van der Waals surface area contributed by atoms with Crippen molar-refractivity contribution in [2.45, 2.75) is 50.7 Å². The second-order valence-electron chi connectivity index (χ2n) is 4.88. The Balaban J connectivity index is 1.69. The molecule has 1 aliphatic heterocycles. The summed E-state index contributed by atoms with van der Waals surface area (Å²) in [6.07, 6.45) is 7.99. The van der Waals surface area contributed by atoms with Crippen LogP contribution in [-0.2, 0) is 4.74 Å². The standard InChI is InChI=1S/C12H23NO2/c14-9-12(10-4-1-2-5-10)13-8-11-6-3-7-15-11/h10-14H,1-9H2. The summed E-state index contributed by atoms with van der Waals surface area (Å²) in [5.74, 6) is 0.691. The fourth-order valence-corrected chi connectivity index (χ4v) is 2.83. The summed E-state index contributed by atoms with van der Waals surface area (Å²) in [5.41, 5.74) is 0. The van der Waals surface area contributed by atoms with Crippen LogP contribution in [0.5, 0.6) is 0 Å². The van der Waals surface area contributed by atoms with Crippen molar-refractivity contribution < 1.29 is 9.84 Å². The lowest BCUT2D eigenvalue weighted by atomic mass is 9.98. The van der Waals surface area contributed by atoms with E-state index in [1.54, 1.807) is 0 Å². The zero-order valence-corrected chi connectivity index (χ0v) is 9.45. The number of ether oxygens (including phenoxy) is 1. The quantitative estimate of drug-likeness (QED) is 0.723. The third kappa shape index (κ3) is 3.16. The highest BCUT2D eigenvalue weighted by Crippen LogP contribution is 2.27. The van der Waals surface area contributed by atoms with Crippen LogP contribution in [0, 0.1) is 5.92 Å². The van der Waals surface area contributed by atoms with Gasteiger partial charge in [0.2, 0.25) is 0 Å². The van der Waals surface area contributed by atoms with Gasteiger partial charge in [0, 0.05) is 19.2 Å².